The van der Waals surface area contributed by atoms with E-state index in [0.29, 0.717) is 10.7 Å². The third-order valence-corrected chi connectivity index (χ3v) is 6.84. The van der Waals surface area contributed by atoms with Gasteiger partial charge in [0.1, 0.15) is 0 Å². The van der Waals surface area contributed by atoms with Gasteiger partial charge < -0.3 is 0 Å². The summed E-state index contributed by atoms with van der Waals surface area (Å²) in [5.41, 5.74) is -0.449. The number of carbonyl (C=O) groups excluding carboxylic acids is 2. The molecule has 132 valence electrons. The molecule has 3 rings (SSSR count). The van der Waals surface area contributed by atoms with Gasteiger partial charge in [-0.15, -0.1) is 0 Å². The Morgan fingerprint density at radius 1 is 1.04 bits per heavy atom. The summed E-state index contributed by atoms with van der Waals surface area (Å²) in [7, 11) is 0. The molecule has 25 heavy (non-hydrogen) atoms. The number of Topliss-reactive ketones (excluding diaryl/α,β-unsaturated/α-hetero) is 2. The fourth-order valence-electron chi connectivity index (χ4n) is 3.19. The van der Waals surface area contributed by atoms with Crippen molar-refractivity contribution in [3.8, 4) is 10.1 Å². The number of hydrogen-bond acceptors (Lipinski definition) is 4. The van der Waals surface area contributed by atoms with E-state index >= 15 is 0 Å². The molecule has 2 aromatic rings. The summed E-state index contributed by atoms with van der Waals surface area (Å²) in [5, 5.41) is 0.665. The molecule has 1 fully saturated rings. The van der Waals surface area contributed by atoms with Crippen molar-refractivity contribution in [2.24, 2.45) is 0 Å². The molecular weight excluding hydrogens is 405 g/mol. The first-order chi connectivity index (χ1) is 11.5. The van der Waals surface area contributed by atoms with Gasteiger partial charge in [-0.3, -0.25) is 0 Å². The fraction of sp³-hybridized carbons (Fsp3) is 0.421. The zero-order valence-corrected chi connectivity index (χ0v) is 17.3. The van der Waals surface area contributed by atoms with Gasteiger partial charge in [0, 0.05) is 0 Å². The molecule has 0 bridgehead atoms. The van der Waals surface area contributed by atoms with Crippen LogP contribution in [0.1, 0.15) is 43.7 Å². The second-order valence-electron chi connectivity index (χ2n) is 7.25. The number of nitrogens with zero attached hydrogens (tertiary/aromatic N) is 1. The monoisotopic (exact) mass is 425 g/mol. The van der Waals surface area contributed by atoms with Gasteiger partial charge in [-0.05, 0) is 0 Å². The molecule has 0 radical (unpaired) electrons. The van der Waals surface area contributed by atoms with Crippen molar-refractivity contribution in [3.05, 3.63) is 39.4 Å². The first kappa shape index (κ1) is 18.5. The van der Waals surface area contributed by atoms with Crippen LogP contribution in [0.2, 0.25) is 5.02 Å². The number of benzene rings is 1. The first-order valence-corrected chi connectivity index (χ1v) is 10.1. The van der Waals surface area contributed by atoms with Crippen LogP contribution in [0.4, 0.5) is 0 Å². The molecule has 1 aliphatic heterocycles. The van der Waals surface area contributed by atoms with Gasteiger partial charge in [0.25, 0.3) is 0 Å². The van der Waals surface area contributed by atoms with Crippen LogP contribution in [0.25, 0.3) is 10.1 Å². The number of hydrogen-bond donors (Lipinski definition) is 0. The standard InChI is InChI=1S/C19H20ClNO3Se/c1-10-14(21-17(25-10)11-6-8-12(20)9-7-11)13-15(22)18(2,3)24-19(4,5)16(13)23/h6-9,13H,1-5H3. The van der Waals surface area contributed by atoms with E-state index in [4.69, 9.17) is 21.3 Å². The number of halogens is 1. The van der Waals surface area contributed by atoms with E-state index in [-0.39, 0.29) is 26.1 Å². The number of carbonyl (C=O) groups is 2. The average Bonchev–Trinajstić information content (AvgIpc) is 2.88. The van der Waals surface area contributed by atoms with Gasteiger partial charge in [0.05, 0.1) is 0 Å². The SMILES string of the molecule is Cc1[se]c(-c2ccc(Cl)cc2)nc1C1C(=O)C(C)(C)OC(C)(C)C1=O. The van der Waals surface area contributed by atoms with Crippen LogP contribution >= 0.6 is 11.6 Å². The van der Waals surface area contributed by atoms with Crippen molar-refractivity contribution < 1.29 is 14.3 Å². The van der Waals surface area contributed by atoms with Crippen LogP contribution in [0.15, 0.2) is 24.3 Å². The van der Waals surface area contributed by atoms with E-state index in [1.807, 2.05) is 31.2 Å². The zero-order chi connectivity index (χ0) is 18.6. The summed E-state index contributed by atoms with van der Waals surface area (Å²) in [6.07, 6.45) is 0. The van der Waals surface area contributed by atoms with E-state index < -0.39 is 17.1 Å². The molecule has 0 atom stereocenters. The van der Waals surface area contributed by atoms with Gasteiger partial charge >= 0.3 is 158 Å². The Labute approximate surface area is 158 Å². The van der Waals surface area contributed by atoms with Crippen molar-refractivity contribution in [2.45, 2.75) is 51.7 Å². The van der Waals surface area contributed by atoms with Crippen LogP contribution in [0, 0.1) is 6.92 Å². The van der Waals surface area contributed by atoms with Gasteiger partial charge in [-0.25, -0.2) is 0 Å². The predicted molar refractivity (Wildman–Crippen MR) is 98.4 cm³/mol. The Morgan fingerprint density at radius 3 is 2.08 bits per heavy atom. The summed E-state index contributed by atoms with van der Waals surface area (Å²) in [4.78, 5) is 30.5. The Hall–Kier alpha value is -1.26. The van der Waals surface area contributed by atoms with Gasteiger partial charge in [-0.2, -0.15) is 0 Å². The number of ketones is 2. The van der Waals surface area contributed by atoms with Gasteiger partial charge in [-0.1, -0.05) is 0 Å². The molecule has 0 aliphatic carbocycles. The van der Waals surface area contributed by atoms with Crippen molar-refractivity contribution in [1.29, 1.82) is 0 Å². The molecule has 1 aromatic heterocycles. The van der Waals surface area contributed by atoms with Crippen molar-refractivity contribution in [2.75, 3.05) is 0 Å². The predicted octanol–water partition coefficient (Wildman–Crippen LogP) is 3.58. The maximum absolute atomic E-state index is 12.9. The Balaban J connectivity index is 2.07. The minimum atomic E-state index is -1.01. The van der Waals surface area contributed by atoms with Gasteiger partial charge in [0.15, 0.2) is 0 Å². The van der Waals surface area contributed by atoms with Gasteiger partial charge in [0.2, 0.25) is 0 Å². The number of aromatic nitrogens is 1. The van der Waals surface area contributed by atoms with Crippen LogP contribution in [0.5, 0.6) is 0 Å². The maximum atomic E-state index is 12.9. The topological polar surface area (TPSA) is 56.3 Å². The molecule has 0 N–H and O–H groups in total. The summed E-state index contributed by atoms with van der Waals surface area (Å²) >= 11 is 5.93. The summed E-state index contributed by atoms with van der Waals surface area (Å²) in [6, 6.07) is 7.47. The average molecular weight is 425 g/mol. The molecule has 4 nitrogen and oxygen atoms in total. The van der Waals surface area contributed by atoms with Crippen molar-refractivity contribution >= 4 is 37.7 Å². The fourth-order valence-corrected chi connectivity index (χ4v) is 5.32. The molecule has 0 unspecified atom stereocenters. The molecule has 2 heterocycles. The van der Waals surface area contributed by atoms with Crippen molar-refractivity contribution in [1.82, 2.24) is 4.98 Å². The molecule has 1 saturated heterocycles. The van der Waals surface area contributed by atoms with Crippen LogP contribution < -0.4 is 0 Å². The van der Waals surface area contributed by atoms with E-state index in [1.54, 1.807) is 27.7 Å². The zero-order valence-electron chi connectivity index (χ0n) is 14.8. The molecule has 0 saturated carbocycles. The Kier molecular flexibility index (Phi) is 4.57. The molecular formula is C19H20ClNO3Se. The Bertz CT molecular complexity index is 826. The van der Waals surface area contributed by atoms with E-state index in [2.05, 4.69) is 0 Å². The Morgan fingerprint density at radius 2 is 1.56 bits per heavy atom. The third-order valence-electron chi connectivity index (χ3n) is 4.42. The number of rotatable bonds is 2. The van der Waals surface area contributed by atoms with Crippen LogP contribution in [-0.4, -0.2) is 42.3 Å². The molecule has 6 heteroatoms. The molecule has 0 spiro atoms. The van der Waals surface area contributed by atoms with E-state index in [9.17, 15) is 9.59 Å². The second kappa shape index (κ2) is 6.17. The number of aryl methyl sites for hydroxylation is 1. The molecule has 0 amide bonds. The summed E-state index contributed by atoms with van der Waals surface area (Å²) < 4.78 is 7.68. The summed E-state index contributed by atoms with van der Waals surface area (Å²) in [6.45, 7) is 8.83. The van der Waals surface area contributed by atoms with Crippen LogP contribution in [0.3, 0.4) is 0 Å². The van der Waals surface area contributed by atoms with E-state index in [1.165, 1.54) is 0 Å². The second-order valence-corrected chi connectivity index (χ2v) is 10.2. The van der Waals surface area contributed by atoms with E-state index in [0.717, 1.165) is 14.6 Å². The normalized spacial score (nSPS) is 20.1. The summed E-state index contributed by atoms with van der Waals surface area (Å²) in [5.74, 6) is -1.29. The minimum absolute atomic E-state index is 0.0175. The molecule has 1 aromatic carbocycles. The first-order valence-electron chi connectivity index (χ1n) is 8.05. The number of ether oxygens (including phenoxy) is 1. The molecule has 1 aliphatic rings. The van der Waals surface area contributed by atoms with Crippen LogP contribution in [-0.2, 0) is 14.3 Å². The quantitative estimate of drug-likeness (QED) is 0.546. The third kappa shape index (κ3) is 3.26. The van der Waals surface area contributed by atoms with Crippen molar-refractivity contribution in [3.63, 3.8) is 0 Å².